The molecule has 1 rings (SSSR count). The summed E-state index contributed by atoms with van der Waals surface area (Å²) in [5.74, 6) is 0.144. The molecule has 106 valence electrons. The third kappa shape index (κ3) is 5.25. The van der Waals surface area contributed by atoms with E-state index < -0.39 is 11.5 Å². The third-order valence-electron chi connectivity index (χ3n) is 3.11. The molecule has 3 nitrogen and oxygen atoms in total. The fourth-order valence-electron chi connectivity index (χ4n) is 2.07. The fraction of sp³-hybridized carbons (Fsp3) is 0.533. The minimum Gasteiger partial charge on any atom is -0.480 e. The second-order valence-corrected chi connectivity index (χ2v) is 6.41. The molecule has 0 amide bonds. The number of carbonyl (C=O) groups is 1. The molecule has 0 aliphatic rings. The Labute approximate surface area is 119 Å². The molecule has 19 heavy (non-hydrogen) atoms. The first kappa shape index (κ1) is 16.1. The van der Waals surface area contributed by atoms with Crippen LogP contribution in [-0.4, -0.2) is 28.4 Å². The summed E-state index contributed by atoms with van der Waals surface area (Å²) < 4.78 is 0. The second kappa shape index (κ2) is 7.56. The average Bonchev–Trinajstić information content (AvgIpc) is 2.37. The van der Waals surface area contributed by atoms with Gasteiger partial charge in [0.2, 0.25) is 0 Å². The number of hydrogen-bond donors (Lipinski definition) is 2. The summed E-state index contributed by atoms with van der Waals surface area (Å²) in [6.45, 7) is 6.45. The molecule has 0 aliphatic carbocycles. The van der Waals surface area contributed by atoms with Crippen molar-refractivity contribution in [2.24, 2.45) is 0 Å². The molecular weight excluding hydrogens is 258 g/mol. The van der Waals surface area contributed by atoms with Crippen molar-refractivity contribution >= 4 is 17.7 Å². The molecule has 0 aromatic heterocycles. The molecule has 0 fully saturated rings. The summed E-state index contributed by atoms with van der Waals surface area (Å²) in [6.07, 6.45) is 0.619. The normalized spacial score (nSPS) is 15.7. The minimum atomic E-state index is -0.835. The first-order valence-electron chi connectivity index (χ1n) is 6.62. The van der Waals surface area contributed by atoms with Crippen LogP contribution < -0.4 is 5.32 Å². The maximum Gasteiger partial charge on any atom is 0.323 e. The van der Waals surface area contributed by atoms with Crippen LogP contribution in [0.2, 0.25) is 0 Å². The number of likely N-dealkylation sites (N-methyl/N-ethyl adjacent to an activating group) is 1. The third-order valence-corrected chi connectivity index (χ3v) is 4.35. The van der Waals surface area contributed by atoms with Gasteiger partial charge in [0.05, 0.1) is 0 Å². The Morgan fingerprint density at radius 2 is 2.05 bits per heavy atom. The van der Waals surface area contributed by atoms with Gasteiger partial charge < -0.3 is 10.4 Å². The topological polar surface area (TPSA) is 49.3 Å². The van der Waals surface area contributed by atoms with Crippen molar-refractivity contribution in [1.29, 1.82) is 0 Å². The van der Waals surface area contributed by atoms with Gasteiger partial charge in [0.1, 0.15) is 5.54 Å². The summed E-state index contributed by atoms with van der Waals surface area (Å²) in [5.41, 5.74) is 0.442. The number of thioether (sulfide) groups is 1. The molecule has 2 N–H and O–H groups in total. The minimum absolute atomic E-state index is 0.292. The summed E-state index contributed by atoms with van der Waals surface area (Å²) >= 11 is 1.80. The molecule has 1 aromatic carbocycles. The highest BCUT2D eigenvalue weighted by Gasteiger charge is 2.33. The van der Waals surface area contributed by atoms with Crippen LogP contribution in [0.25, 0.3) is 0 Å². The Morgan fingerprint density at radius 1 is 1.42 bits per heavy atom. The number of carboxylic acids is 1. The molecule has 0 bridgehead atoms. The van der Waals surface area contributed by atoms with Gasteiger partial charge in [-0.15, -0.1) is 0 Å². The average molecular weight is 281 g/mol. The number of carboxylic acid groups (broad SMARTS) is 1. The predicted molar refractivity (Wildman–Crippen MR) is 81.5 cm³/mol. The molecule has 2 unspecified atom stereocenters. The lowest BCUT2D eigenvalue weighted by Crippen LogP contribution is -2.50. The first-order valence-corrected chi connectivity index (χ1v) is 7.66. The Bertz CT molecular complexity index is 396. The molecule has 0 saturated carbocycles. The highest BCUT2D eigenvalue weighted by molar-refractivity contribution is 7.99. The Balaban J connectivity index is 2.49. The van der Waals surface area contributed by atoms with Gasteiger partial charge in [-0.3, -0.25) is 4.79 Å². The van der Waals surface area contributed by atoms with Crippen LogP contribution in [0.1, 0.15) is 32.8 Å². The van der Waals surface area contributed by atoms with Gasteiger partial charge in [-0.25, -0.2) is 0 Å². The Morgan fingerprint density at radius 3 is 2.58 bits per heavy atom. The van der Waals surface area contributed by atoms with E-state index in [0.717, 1.165) is 5.75 Å². The maximum atomic E-state index is 11.3. The molecule has 4 heteroatoms. The molecule has 2 atom stereocenters. The summed E-state index contributed by atoms with van der Waals surface area (Å²) in [4.78, 5) is 11.3. The largest absolute Gasteiger partial charge is 0.480 e. The zero-order valence-corrected chi connectivity index (χ0v) is 12.7. The Kier molecular flexibility index (Phi) is 6.38. The van der Waals surface area contributed by atoms with E-state index in [4.69, 9.17) is 0 Å². The maximum absolute atomic E-state index is 11.3. The molecule has 0 saturated heterocycles. The van der Waals surface area contributed by atoms with Gasteiger partial charge in [0.25, 0.3) is 0 Å². The van der Waals surface area contributed by atoms with Gasteiger partial charge in [-0.05, 0) is 25.5 Å². The SMILES string of the molecule is CCNC(C)(CC(C)SCc1ccccc1)C(=O)O. The highest BCUT2D eigenvalue weighted by atomic mass is 32.2. The second-order valence-electron chi connectivity index (χ2n) is 4.98. The van der Waals surface area contributed by atoms with E-state index in [1.807, 2.05) is 25.1 Å². The van der Waals surface area contributed by atoms with Crippen LogP contribution >= 0.6 is 11.8 Å². The predicted octanol–water partition coefficient (Wildman–Crippen LogP) is 3.15. The monoisotopic (exact) mass is 281 g/mol. The summed E-state index contributed by atoms with van der Waals surface area (Å²) in [5, 5.41) is 12.7. The van der Waals surface area contributed by atoms with Crippen molar-refractivity contribution in [2.75, 3.05) is 6.54 Å². The quantitative estimate of drug-likeness (QED) is 0.768. The van der Waals surface area contributed by atoms with Gasteiger partial charge in [-0.2, -0.15) is 11.8 Å². The molecule has 0 spiro atoms. The number of aliphatic carboxylic acids is 1. The van der Waals surface area contributed by atoms with Crippen LogP contribution in [0.5, 0.6) is 0 Å². The van der Waals surface area contributed by atoms with Crippen LogP contribution in [-0.2, 0) is 10.5 Å². The smallest absolute Gasteiger partial charge is 0.323 e. The lowest BCUT2D eigenvalue weighted by atomic mass is 9.96. The van der Waals surface area contributed by atoms with E-state index in [2.05, 4.69) is 24.4 Å². The number of nitrogens with one attached hydrogen (secondary N) is 1. The highest BCUT2D eigenvalue weighted by Crippen LogP contribution is 2.25. The van der Waals surface area contributed by atoms with Crippen molar-refractivity contribution in [1.82, 2.24) is 5.32 Å². The number of benzene rings is 1. The van der Waals surface area contributed by atoms with Crippen LogP contribution in [0, 0.1) is 0 Å². The standard InChI is InChI=1S/C15H23NO2S/c1-4-16-15(3,14(17)18)10-12(2)19-11-13-8-6-5-7-9-13/h5-9,12,16H,4,10-11H2,1-3H3,(H,17,18). The zero-order chi connectivity index (χ0) is 14.3. The van der Waals surface area contributed by atoms with Crippen molar-refractivity contribution in [2.45, 2.75) is 43.7 Å². The molecule has 0 radical (unpaired) electrons. The van der Waals surface area contributed by atoms with Crippen molar-refractivity contribution in [3.63, 3.8) is 0 Å². The van der Waals surface area contributed by atoms with E-state index in [1.54, 1.807) is 18.7 Å². The van der Waals surface area contributed by atoms with Crippen LogP contribution in [0.15, 0.2) is 30.3 Å². The molecule has 0 heterocycles. The van der Waals surface area contributed by atoms with Crippen LogP contribution in [0.4, 0.5) is 0 Å². The lowest BCUT2D eigenvalue weighted by molar-refractivity contribution is -0.144. The molecule has 0 aliphatic heterocycles. The van der Waals surface area contributed by atoms with E-state index in [1.165, 1.54) is 5.56 Å². The Hall–Kier alpha value is -1.00. The van der Waals surface area contributed by atoms with E-state index >= 15 is 0 Å². The van der Waals surface area contributed by atoms with Gasteiger partial charge in [0, 0.05) is 11.0 Å². The van der Waals surface area contributed by atoms with Crippen molar-refractivity contribution < 1.29 is 9.90 Å². The molecule has 1 aromatic rings. The van der Waals surface area contributed by atoms with E-state index in [-0.39, 0.29) is 0 Å². The van der Waals surface area contributed by atoms with E-state index in [0.29, 0.717) is 18.2 Å². The first-order chi connectivity index (χ1) is 8.98. The van der Waals surface area contributed by atoms with Crippen molar-refractivity contribution in [3.05, 3.63) is 35.9 Å². The number of rotatable bonds is 8. The van der Waals surface area contributed by atoms with E-state index in [9.17, 15) is 9.90 Å². The van der Waals surface area contributed by atoms with Crippen LogP contribution in [0.3, 0.4) is 0 Å². The summed E-state index contributed by atoms with van der Waals surface area (Å²) in [6, 6.07) is 10.3. The van der Waals surface area contributed by atoms with Crippen molar-refractivity contribution in [3.8, 4) is 0 Å². The summed E-state index contributed by atoms with van der Waals surface area (Å²) in [7, 11) is 0. The van der Waals surface area contributed by atoms with Gasteiger partial charge in [-0.1, -0.05) is 44.2 Å². The van der Waals surface area contributed by atoms with Gasteiger partial charge >= 0.3 is 5.97 Å². The number of hydrogen-bond acceptors (Lipinski definition) is 3. The zero-order valence-electron chi connectivity index (χ0n) is 11.8. The molecular formula is C15H23NO2S. The lowest BCUT2D eigenvalue weighted by Gasteiger charge is -2.28. The fourth-order valence-corrected chi connectivity index (χ4v) is 3.19. The van der Waals surface area contributed by atoms with Gasteiger partial charge in [0.15, 0.2) is 0 Å².